The van der Waals surface area contributed by atoms with Crippen LogP contribution in [0.25, 0.3) is 0 Å². The molecule has 20 heavy (non-hydrogen) atoms. The fraction of sp³-hybridized carbons (Fsp3) is 0.462. The van der Waals surface area contributed by atoms with Gasteiger partial charge in [0.1, 0.15) is 16.5 Å². The Kier molecular flexibility index (Phi) is 3.58. The molecule has 2 rings (SSSR count). The molecule has 1 saturated carbocycles. The van der Waals surface area contributed by atoms with Crippen LogP contribution in [-0.4, -0.2) is 24.2 Å². The van der Waals surface area contributed by atoms with E-state index >= 15 is 0 Å². The monoisotopic (exact) mass is 304 g/mol. The number of hydrogen-bond donors (Lipinski definition) is 1. The average molecular weight is 304 g/mol. The fourth-order valence-corrected chi connectivity index (χ4v) is 5.12. The minimum absolute atomic E-state index is 0.0668. The first-order valence-electron chi connectivity index (χ1n) is 6.16. The average Bonchev–Trinajstić information content (AvgIpc) is 2.71. The predicted molar refractivity (Wildman–Crippen MR) is 66.9 cm³/mol. The zero-order chi connectivity index (χ0) is 15.1. The van der Waals surface area contributed by atoms with E-state index in [0.717, 1.165) is 12.1 Å². The molecule has 2 unspecified atom stereocenters. The van der Waals surface area contributed by atoms with E-state index in [1.165, 1.54) is 6.92 Å². The van der Waals surface area contributed by atoms with Crippen molar-refractivity contribution in [3.8, 4) is 0 Å². The number of aliphatic carboxylic acids is 1. The molecule has 0 amide bonds. The van der Waals surface area contributed by atoms with E-state index in [1.54, 1.807) is 0 Å². The number of rotatable bonds is 3. The standard InChI is InChI=1S/C13H14F2O4S/c1-8-3-2-6-13(8,12(16)17)20(18,19)11-5-4-9(14)7-10(11)15/h4-5,7-8H,2-3,6H2,1H3,(H,16,17). The van der Waals surface area contributed by atoms with E-state index in [4.69, 9.17) is 0 Å². The van der Waals surface area contributed by atoms with E-state index in [0.29, 0.717) is 18.9 Å². The van der Waals surface area contributed by atoms with Crippen molar-refractivity contribution in [1.82, 2.24) is 0 Å². The second kappa shape index (κ2) is 4.80. The molecule has 0 bridgehead atoms. The van der Waals surface area contributed by atoms with Gasteiger partial charge in [-0.05, 0) is 30.9 Å². The second-order valence-electron chi connectivity index (χ2n) is 5.07. The Bertz CT molecular complexity index is 656. The van der Waals surface area contributed by atoms with Gasteiger partial charge in [-0.2, -0.15) is 0 Å². The molecule has 2 atom stereocenters. The third kappa shape index (κ3) is 1.91. The number of sulfone groups is 1. The summed E-state index contributed by atoms with van der Waals surface area (Å²) in [5.41, 5.74) is 0. The highest BCUT2D eigenvalue weighted by Gasteiger charge is 2.58. The van der Waals surface area contributed by atoms with Crippen molar-refractivity contribution >= 4 is 15.8 Å². The summed E-state index contributed by atoms with van der Waals surface area (Å²) in [6, 6.07) is 2.04. The van der Waals surface area contributed by atoms with Gasteiger partial charge in [-0.15, -0.1) is 0 Å². The van der Waals surface area contributed by atoms with Gasteiger partial charge < -0.3 is 5.11 Å². The Balaban J connectivity index is 2.67. The smallest absolute Gasteiger partial charge is 0.325 e. The molecule has 0 spiro atoms. The van der Waals surface area contributed by atoms with E-state index in [1.807, 2.05) is 0 Å². The molecule has 0 aromatic heterocycles. The summed E-state index contributed by atoms with van der Waals surface area (Å²) in [5, 5.41) is 9.40. The molecule has 1 aromatic rings. The van der Waals surface area contributed by atoms with Gasteiger partial charge in [0.25, 0.3) is 0 Å². The maximum atomic E-state index is 13.7. The number of halogens is 2. The second-order valence-corrected chi connectivity index (χ2v) is 7.24. The molecular weight excluding hydrogens is 290 g/mol. The Hall–Kier alpha value is -1.50. The van der Waals surface area contributed by atoms with Gasteiger partial charge in [-0.1, -0.05) is 13.3 Å². The number of benzene rings is 1. The lowest BCUT2D eigenvalue weighted by atomic mass is 9.97. The van der Waals surface area contributed by atoms with Gasteiger partial charge >= 0.3 is 5.97 Å². The molecule has 1 N–H and O–H groups in total. The van der Waals surface area contributed by atoms with Gasteiger partial charge in [0.05, 0.1) is 0 Å². The summed E-state index contributed by atoms with van der Waals surface area (Å²) in [6.07, 6.45) is 0.812. The summed E-state index contributed by atoms with van der Waals surface area (Å²) in [4.78, 5) is 10.8. The first-order valence-corrected chi connectivity index (χ1v) is 7.65. The van der Waals surface area contributed by atoms with Crippen molar-refractivity contribution in [2.75, 3.05) is 0 Å². The van der Waals surface area contributed by atoms with Crippen LogP contribution in [0.4, 0.5) is 8.78 Å². The molecule has 4 nitrogen and oxygen atoms in total. The van der Waals surface area contributed by atoms with Crippen LogP contribution >= 0.6 is 0 Å². The molecule has 1 aromatic carbocycles. The number of carbonyl (C=O) groups is 1. The topological polar surface area (TPSA) is 71.4 Å². The van der Waals surface area contributed by atoms with Crippen molar-refractivity contribution < 1.29 is 27.1 Å². The van der Waals surface area contributed by atoms with Crippen LogP contribution in [0.5, 0.6) is 0 Å². The lowest BCUT2D eigenvalue weighted by Gasteiger charge is -2.28. The van der Waals surface area contributed by atoms with Crippen LogP contribution in [0.15, 0.2) is 23.1 Å². The highest BCUT2D eigenvalue weighted by molar-refractivity contribution is 7.93. The van der Waals surface area contributed by atoms with Crippen molar-refractivity contribution in [3.63, 3.8) is 0 Å². The minimum atomic E-state index is -4.44. The normalized spacial score (nSPS) is 26.6. The van der Waals surface area contributed by atoms with E-state index in [9.17, 15) is 27.1 Å². The quantitative estimate of drug-likeness (QED) is 0.870. The van der Waals surface area contributed by atoms with Crippen LogP contribution in [0.3, 0.4) is 0 Å². The fourth-order valence-electron chi connectivity index (χ4n) is 2.87. The number of hydrogen-bond acceptors (Lipinski definition) is 3. The molecule has 0 radical (unpaired) electrons. The first-order chi connectivity index (χ1) is 9.23. The van der Waals surface area contributed by atoms with E-state index in [2.05, 4.69) is 0 Å². The Labute approximate surface area is 115 Å². The molecule has 1 fully saturated rings. The largest absolute Gasteiger partial charge is 0.480 e. The Morgan fingerprint density at radius 2 is 2.05 bits per heavy atom. The van der Waals surface area contributed by atoms with Crippen molar-refractivity contribution in [2.45, 2.75) is 35.8 Å². The zero-order valence-corrected chi connectivity index (χ0v) is 11.6. The summed E-state index contributed by atoms with van der Waals surface area (Å²) in [6.45, 7) is 1.53. The lowest BCUT2D eigenvalue weighted by Crippen LogP contribution is -2.48. The maximum Gasteiger partial charge on any atom is 0.325 e. The lowest BCUT2D eigenvalue weighted by molar-refractivity contribution is -0.141. The van der Waals surface area contributed by atoms with Crippen molar-refractivity contribution in [1.29, 1.82) is 0 Å². The van der Waals surface area contributed by atoms with Gasteiger partial charge in [0.2, 0.25) is 0 Å². The molecule has 1 aliphatic rings. The highest BCUT2D eigenvalue weighted by Crippen LogP contribution is 2.45. The third-order valence-corrected chi connectivity index (χ3v) is 6.66. The molecule has 7 heteroatoms. The first kappa shape index (κ1) is 14.9. The molecule has 1 aliphatic carbocycles. The molecule has 0 aliphatic heterocycles. The maximum absolute atomic E-state index is 13.7. The van der Waals surface area contributed by atoms with Crippen LogP contribution in [0.1, 0.15) is 26.2 Å². The molecule has 0 saturated heterocycles. The van der Waals surface area contributed by atoms with Crippen LogP contribution in [0.2, 0.25) is 0 Å². The van der Waals surface area contributed by atoms with Crippen LogP contribution in [-0.2, 0) is 14.6 Å². The third-order valence-electron chi connectivity index (χ3n) is 4.01. The molecular formula is C13H14F2O4S. The van der Waals surface area contributed by atoms with E-state index < -0.39 is 43.0 Å². The van der Waals surface area contributed by atoms with Gasteiger partial charge in [0, 0.05) is 6.07 Å². The summed E-state index contributed by atoms with van der Waals surface area (Å²) >= 11 is 0. The molecule has 0 heterocycles. The van der Waals surface area contributed by atoms with Gasteiger partial charge in [0.15, 0.2) is 14.6 Å². The van der Waals surface area contributed by atoms with Crippen LogP contribution < -0.4 is 0 Å². The summed E-state index contributed by atoms with van der Waals surface area (Å²) in [7, 11) is -4.44. The SMILES string of the molecule is CC1CCCC1(C(=O)O)S(=O)(=O)c1ccc(F)cc1F. The van der Waals surface area contributed by atoms with Crippen molar-refractivity contribution in [2.24, 2.45) is 5.92 Å². The zero-order valence-electron chi connectivity index (χ0n) is 10.8. The van der Waals surface area contributed by atoms with E-state index in [-0.39, 0.29) is 6.42 Å². The summed E-state index contributed by atoms with van der Waals surface area (Å²) < 4.78 is 49.8. The highest BCUT2D eigenvalue weighted by atomic mass is 32.2. The predicted octanol–water partition coefficient (Wildman–Crippen LogP) is 2.38. The minimum Gasteiger partial charge on any atom is -0.480 e. The number of carboxylic acids is 1. The summed E-state index contributed by atoms with van der Waals surface area (Å²) in [5.74, 6) is -4.28. The Morgan fingerprint density at radius 3 is 2.50 bits per heavy atom. The Morgan fingerprint density at radius 1 is 1.40 bits per heavy atom. The number of carboxylic acid groups (broad SMARTS) is 1. The van der Waals surface area contributed by atoms with Crippen molar-refractivity contribution in [3.05, 3.63) is 29.8 Å². The van der Waals surface area contributed by atoms with Crippen LogP contribution in [0, 0.1) is 17.6 Å². The van der Waals surface area contributed by atoms with Gasteiger partial charge in [-0.25, -0.2) is 17.2 Å². The van der Waals surface area contributed by atoms with Gasteiger partial charge in [-0.3, -0.25) is 4.79 Å². The molecule has 110 valence electrons.